The van der Waals surface area contributed by atoms with E-state index in [1.165, 1.54) is 7.11 Å². The van der Waals surface area contributed by atoms with Crippen molar-refractivity contribution < 1.29 is 14.2 Å². The quantitative estimate of drug-likeness (QED) is 0.477. The molecule has 0 aliphatic carbocycles. The van der Waals surface area contributed by atoms with Crippen LogP contribution in [0.1, 0.15) is 30.3 Å². The Kier molecular flexibility index (Phi) is 5.76. The van der Waals surface area contributed by atoms with Gasteiger partial charge < -0.3 is 14.4 Å². The topological polar surface area (TPSA) is 83.2 Å². The maximum atomic E-state index is 13.0. The Morgan fingerprint density at radius 3 is 2.48 bits per heavy atom. The second-order valence-corrected chi connectivity index (χ2v) is 5.20. The van der Waals surface area contributed by atoms with E-state index in [0.29, 0.717) is 0 Å². The Bertz CT molecular complexity index is 678. The largest absolute Gasteiger partial charge is 0.389 e. The average Bonchev–Trinajstić information content (AvgIpc) is 3.05. The zero-order chi connectivity index (χ0) is 16.8. The highest BCUT2D eigenvalue weighted by molar-refractivity contribution is 5.37. The summed E-state index contributed by atoms with van der Waals surface area (Å²) >= 11 is 0. The molecule has 7 heteroatoms. The van der Waals surface area contributed by atoms with Gasteiger partial charge in [-0.1, -0.05) is 17.2 Å². The van der Waals surface area contributed by atoms with Gasteiger partial charge in [0.2, 0.25) is 0 Å². The molecule has 6 nitrogen and oxygen atoms in total. The molecule has 0 aliphatic heterocycles. The lowest BCUT2D eigenvalue weighted by Gasteiger charge is -2.20. The number of alkyl halides is 1. The molecule has 0 aliphatic rings. The number of ether oxygens (including phenoxy) is 1. The van der Waals surface area contributed by atoms with Crippen molar-refractivity contribution in [2.75, 3.05) is 13.8 Å². The molecule has 0 spiro atoms. The third-order valence-electron chi connectivity index (χ3n) is 3.68. The molecule has 0 saturated heterocycles. The molecule has 1 aromatic heterocycles. The smallest absolute Gasteiger partial charge is 0.101 e. The lowest BCUT2D eigenvalue weighted by molar-refractivity contribution is 0.0722. The van der Waals surface area contributed by atoms with Crippen LogP contribution in [0.5, 0.6) is 0 Å². The summed E-state index contributed by atoms with van der Waals surface area (Å²) in [7, 11) is 1.45. The number of hydrogen-bond donors (Lipinski definition) is 1. The number of aromatic nitrogens is 1. The van der Waals surface area contributed by atoms with Gasteiger partial charge in [0, 0.05) is 30.1 Å². The van der Waals surface area contributed by atoms with Crippen molar-refractivity contribution in [3.05, 3.63) is 64.3 Å². The van der Waals surface area contributed by atoms with Gasteiger partial charge in [0.15, 0.2) is 0 Å². The van der Waals surface area contributed by atoms with E-state index in [-0.39, 0.29) is 0 Å². The Hall–Kier alpha value is -2.34. The molecule has 122 valence electrons. The summed E-state index contributed by atoms with van der Waals surface area (Å²) in [6.07, 6.45) is 2.54. The predicted molar refractivity (Wildman–Crippen MR) is 85.1 cm³/mol. The Morgan fingerprint density at radius 2 is 2.00 bits per heavy atom. The van der Waals surface area contributed by atoms with Crippen molar-refractivity contribution in [2.24, 2.45) is 5.11 Å². The van der Waals surface area contributed by atoms with Crippen LogP contribution < -0.4 is 0 Å². The van der Waals surface area contributed by atoms with Gasteiger partial charge in [-0.3, -0.25) is 4.39 Å². The minimum Gasteiger partial charge on any atom is -0.389 e. The highest BCUT2D eigenvalue weighted by Gasteiger charge is 2.22. The fourth-order valence-corrected chi connectivity index (χ4v) is 2.41. The second-order valence-electron chi connectivity index (χ2n) is 5.20. The van der Waals surface area contributed by atoms with Gasteiger partial charge in [0.05, 0.1) is 18.2 Å². The van der Waals surface area contributed by atoms with Crippen LogP contribution in [-0.4, -0.2) is 29.5 Å². The predicted octanol–water partition coefficient (Wildman–Crippen LogP) is 3.87. The molecule has 1 N–H and O–H groups in total. The highest BCUT2D eigenvalue weighted by Crippen LogP contribution is 2.25. The monoisotopic (exact) mass is 318 g/mol. The number of halogens is 1. The molecule has 0 bridgehead atoms. The van der Waals surface area contributed by atoms with Crippen LogP contribution in [0.4, 0.5) is 4.39 Å². The molecular formula is C16H19FN4O2. The van der Waals surface area contributed by atoms with Gasteiger partial charge in [-0.15, -0.1) is 0 Å². The van der Waals surface area contributed by atoms with Gasteiger partial charge >= 0.3 is 0 Å². The highest BCUT2D eigenvalue weighted by atomic mass is 19.1. The van der Waals surface area contributed by atoms with Gasteiger partial charge in [-0.25, -0.2) is 0 Å². The SMILES string of the molecule is CO[C@H](c1ccc(-n2ccc(C(C)O)c2)cc1)[C@@H](CF)N=[N+]=[N-]. The van der Waals surface area contributed by atoms with E-state index in [9.17, 15) is 9.50 Å². The number of aliphatic hydroxyl groups excluding tert-OH is 1. The molecular weight excluding hydrogens is 299 g/mol. The maximum Gasteiger partial charge on any atom is 0.101 e. The van der Waals surface area contributed by atoms with E-state index in [1.807, 2.05) is 35.2 Å². The lowest BCUT2D eigenvalue weighted by Crippen LogP contribution is -2.20. The van der Waals surface area contributed by atoms with Crippen LogP contribution in [-0.2, 0) is 4.74 Å². The lowest BCUT2D eigenvalue weighted by atomic mass is 10.0. The standard InChI is InChI=1S/C16H19FN4O2/c1-11(22)13-7-8-21(10-13)14-5-3-12(4-6-14)16(23-2)15(9-17)19-20-18/h3-8,10-11,15-16,22H,9H2,1-2H3/t11?,15-,16-/m1/s1. The second kappa shape index (κ2) is 7.78. The minimum atomic E-state index is -0.899. The molecule has 0 fully saturated rings. The van der Waals surface area contributed by atoms with Crippen LogP contribution in [0.2, 0.25) is 0 Å². The van der Waals surface area contributed by atoms with Crippen LogP contribution in [0.3, 0.4) is 0 Å². The van der Waals surface area contributed by atoms with Crippen LogP contribution in [0.15, 0.2) is 47.8 Å². The van der Waals surface area contributed by atoms with Crippen LogP contribution in [0.25, 0.3) is 16.1 Å². The summed E-state index contributed by atoms with van der Waals surface area (Å²) in [4.78, 5) is 2.66. The van der Waals surface area contributed by atoms with Crippen molar-refractivity contribution >= 4 is 0 Å². The summed E-state index contributed by atoms with van der Waals surface area (Å²) in [6.45, 7) is 0.915. The molecule has 1 unspecified atom stereocenters. The Balaban J connectivity index is 2.24. The van der Waals surface area contributed by atoms with Gasteiger partial charge in [-0.2, -0.15) is 0 Å². The van der Waals surface area contributed by atoms with Crippen molar-refractivity contribution in [3.8, 4) is 5.69 Å². The number of hydrogen-bond acceptors (Lipinski definition) is 3. The maximum absolute atomic E-state index is 13.0. The van der Waals surface area contributed by atoms with Crippen molar-refractivity contribution in [2.45, 2.75) is 25.2 Å². The van der Waals surface area contributed by atoms with E-state index in [2.05, 4.69) is 10.0 Å². The zero-order valence-electron chi connectivity index (χ0n) is 13.0. The summed E-state index contributed by atoms with van der Waals surface area (Å²) in [6, 6.07) is 8.28. The fourth-order valence-electron chi connectivity index (χ4n) is 2.41. The molecule has 3 atom stereocenters. The molecule has 0 radical (unpaired) electrons. The zero-order valence-corrected chi connectivity index (χ0v) is 13.0. The number of nitrogens with zero attached hydrogens (tertiary/aromatic N) is 4. The van der Waals surface area contributed by atoms with Crippen molar-refractivity contribution in [3.63, 3.8) is 0 Å². The number of methoxy groups -OCH3 is 1. The molecule has 1 heterocycles. The number of rotatable bonds is 7. The van der Waals surface area contributed by atoms with E-state index in [0.717, 1.165) is 16.8 Å². The third-order valence-corrected chi connectivity index (χ3v) is 3.68. The van der Waals surface area contributed by atoms with Crippen molar-refractivity contribution in [1.82, 2.24) is 4.57 Å². The first-order chi connectivity index (χ1) is 11.1. The van der Waals surface area contributed by atoms with E-state index >= 15 is 0 Å². The van der Waals surface area contributed by atoms with Crippen molar-refractivity contribution in [1.29, 1.82) is 0 Å². The molecule has 2 rings (SSSR count). The van der Waals surface area contributed by atoms with Crippen LogP contribution >= 0.6 is 0 Å². The summed E-state index contributed by atoms with van der Waals surface area (Å²) in [5.74, 6) is 0. The first-order valence-electron chi connectivity index (χ1n) is 7.20. The number of azide groups is 1. The molecule has 2 aromatic rings. The average molecular weight is 318 g/mol. The summed E-state index contributed by atoms with van der Waals surface area (Å²) < 4.78 is 20.2. The summed E-state index contributed by atoms with van der Waals surface area (Å²) in [5.41, 5.74) is 11.0. The fraction of sp³-hybridized carbons (Fsp3) is 0.375. The third kappa shape index (κ3) is 3.90. The number of benzene rings is 1. The minimum absolute atomic E-state index is 0.525. The van der Waals surface area contributed by atoms with E-state index in [1.54, 1.807) is 19.1 Å². The van der Waals surface area contributed by atoms with Gasteiger partial charge in [0.25, 0.3) is 0 Å². The Labute approximate surface area is 133 Å². The van der Waals surface area contributed by atoms with E-state index < -0.39 is 24.9 Å². The van der Waals surface area contributed by atoms with E-state index in [4.69, 9.17) is 10.3 Å². The number of aliphatic hydroxyl groups is 1. The van der Waals surface area contributed by atoms with Crippen LogP contribution in [0, 0.1) is 0 Å². The molecule has 0 amide bonds. The molecule has 0 saturated carbocycles. The molecule has 23 heavy (non-hydrogen) atoms. The normalized spacial score (nSPS) is 14.8. The van der Waals surface area contributed by atoms with Gasteiger partial charge in [0.1, 0.15) is 6.67 Å². The first kappa shape index (κ1) is 17.0. The first-order valence-corrected chi connectivity index (χ1v) is 7.20. The molecule has 1 aromatic carbocycles. The Morgan fingerprint density at radius 1 is 1.30 bits per heavy atom. The van der Waals surface area contributed by atoms with Gasteiger partial charge in [-0.05, 0) is 41.8 Å². The summed E-state index contributed by atoms with van der Waals surface area (Å²) in [5, 5.41) is 13.0.